The van der Waals surface area contributed by atoms with Crippen LogP contribution >= 0.6 is 0 Å². The zero-order valence-electron chi connectivity index (χ0n) is 11.8. The molecule has 0 spiro atoms. The van der Waals surface area contributed by atoms with E-state index in [1.807, 2.05) is 0 Å². The van der Waals surface area contributed by atoms with Crippen molar-refractivity contribution in [2.75, 3.05) is 19.1 Å². The lowest BCUT2D eigenvalue weighted by Crippen LogP contribution is -2.42. The minimum Gasteiger partial charge on any atom is -0.468 e. The Hall–Kier alpha value is -2.65. The van der Waals surface area contributed by atoms with Crippen molar-refractivity contribution < 1.29 is 19.1 Å². The average molecular weight is 285 g/mol. The second-order valence-electron chi connectivity index (χ2n) is 4.78. The van der Waals surface area contributed by atoms with Gasteiger partial charge in [0.15, 0.2) is 5.41 Å². The van der Waals surface area contributed by atoms with Crippen molar-refractivity contribution in [2.24, 2.45) is 5.41 Å². The SMILES string of the molecule is C=C=CC(C=O)(C(=O)OC)C1C(=O)N(C)c2ccccc21. The van der Waals surface area contributed by atoms with Crippen molar-refractivity contribution in [2.45, 2.75) is 5.92 Å². The largest absolute Gasteiger partial charge is 0.468 e. The number of para-hydroxylation sites is 1. The molecule has 1 aliphatic heterocycles. The maximum absolute atomic E-state index is 12.6. The van der Waals surface area contributed by atoms with Crippen molar-refractivity contribution in [1.82, 2.24) is 0 Å². The maximum atomic E-state index is 12.6. The third-order valence-corrected chi connectivity index (χ3v) is 3.74. The summed E-state index contributed by atoms with van der Waals surface area (Å²) in [4.78, 5) is 37.9. The normalized spacial score (nSPS) is 19.2. The Morgan fingerprint density at radius 1 is 1.48 bits per heavy atom. The second-order valence-corrected chi connectivity index (χ2v) is 4.78. The Kier molecular flexibility index (Phi) is 3.78. The fourth-order valence-electron chi connectivity index (χ4n) is 2.70. The predicted molar refractivity (Wildman–Crippen MR) is 76.8 cm³/mol. The van der Waals surface area contributed by atoms with Gasteiger partial charge >= 0.3 is 5.97 Å². The lowest BCUT2D eigenvalue weighted by Gasteiger charge is -2.26. The number of rotatable bonds is 4. The number of amides is 1. The summed E-state index contributed by atoms with van der Waals surface area (Å²) in [6.07, 6.45) is 1.62. The van der Waals surface area contributed by atoms with Gasteiger partial charge in [0.25, 0.3) is 0 Å². The van der Waals surface area contributed by atoms with E-state index in [1.54, 1.807) is 31.3 Å². The quantitative estimate of drug-likeness (QED) is 0.363. The summed E-state index contributed by atoms with van der Waals surface area (Å²) in [6.45, 7) is 3.41. The number of carbonyl (C=O) groups is 3. The van der Waals surface area contributed by atoms with Crippen LogP contribution in [0.3, 0.4) is 0 Å². The number of nitrogens with zero attached hydrogens (tertiary/aromatic N) is 1. The van der Waals surface area contributed by atoms with Crippen LogP contribution < -0.4 is 4.90 Å². The number of hydrogen-bond donors (Lipinski definition) is 0. The summed E-state index contributed by atoms with van der Waals surface area (Å²) in [5.41, 5.74) is 1.96. The number of benzene rings is 1. The van der Waals surface area contributed by atoms with E-state index in [4.69, 9.17) is 4.74 Å². The third kappa shape index (κ3) is 1.99. The first-order valence-corrected chi connectivity index (χ1v) is 6.31. The van der Waals surface area contributed by atoms with Gasteiger partial charge in [-0.1, -0.05) is 24.8 Å². The topological polar surface area (TPSA) is 63.7 Å². The van der Waals surface area contributed by atoms with Crippen molar-refractivity contribution in [3.8, 4) is 0 Å². The molecule has 1 amide bonds. The van der Waals surface area contributed by atoms with E-state index in [9.17, 15) is 14.4 Å². The number of anilines is 1. The van der Waals surface area contributed by atoms with Crippen LogP contribution in [0.4, 0.5) is 5.69 Å². The molecule has 0 saturated heterocycles. The van der Waals surface area contributed by atoms with Gasteiger partial charge in [-0.15, -0.1) is 5.73 Å². The summed E-state index contributed by atoms with van der Waals surface area (Å²) in [5.74, 6) is -2.13. The molecule has 5 nitrogen and oxygen atoms in total. The van der Waals surface area contributed by atoms with E-state index in [0.29, 0.717) is 17.5 Å². The highest BCUT2D eigenvalue weighted by atomic mass is 16.5. The highest BCUT2D eigenvalue weighted by molar-refractivity contribution is 6.12. The summed E-state index contributed by atoms with van der Waals surface area (Å²) in [5, 5.41) is 0. The van der Waals surface area contributed by atoms with Crippen LogP contribution in [0.2, 0.25) is 0 Å². The van der Waals surface area contributed by atoms with Gasteiger partial charge in [0.05, 0.1) is 13.0 Å². The van der Waals surface area contributed by atoms with Gasteiger partial charge in [-0.3, -0.25) is 9.59 Å². The van der Waals surface area contributed by atoms with Crippen LogP contribution in [-0.4, -0.2) is 32.3 Å². The van der Waals surface area contributed by atoms with Crippen molar-refractivity contribution >= 4 is 23.9 Å². The number of methoxy groups -OCH3 is 1. The maximum Gasteiger partial charge on any atom is 0.324 e. The van der Waals surface area contributed by atoms with Crippen LogP contribution in [0.1, 0.15) is 11.5 Å². The Bertz CT molecular complexity index is 660. The van der Waals surface area contributed by atoms with E-state index in [-0.39, 0.29) is 5.91 Å². The van der Waals surface area contributed by atoms with Crippen molar-refractivity contribution in [1.29, 1.82) is 0 Å². The summed E-state index contributed by atoms with van der Waals surface area (Å²) in [7, 11) is 2.78. The number of fused-ring (bicyclic) bond motifs is 1. The van der Waals surface area contributed by atoms with Crippen molar-refractivity contribution in [3.05, 3.63) is 48.2 Å². The molecule has 0 fully saturated rings. The van der Waals surface area contributed by atoms with Gasteiger partial charge < -0.3 is 14.4 Å². The van der Waals surface area contributed by atoms with Crippen LogP contribution in [0.5, 0.6) is 0 Å². The smallest absolute Gasteiger partial charge is 0.324 e. The Morgan fingerprint density at radius 2 is 2.14 bits per heavy atom. The first-order valence-electron chi connectivity index (χ1n) is 6.31. The minimum atomic E-state index is -1.76. The fourth-order valence-corrected chi connectivity index (χ4v) is 2.70. The molecule has 108 valence electrons. The third-order valence-electron chi connectivity index (χ3n) is 3.74. The molecule has 0 saturated carbocycles. The van der Waals surface area contributed by atoms with Crippen LogP contribution in [0, 0.1) is 5.41 Å². The number of ether oxygens (including phenoxy) is 1. The monoisotopic (exact) mass is 285 g/mol. The predicted octanol–water partition coefficient (Wildman–Crippen LogP) is 1.45. The Labute approximate surface area is 122 Å². The standard InChI is InChI=1S/C16H15NO4/c1-4-9-16(10-18,15(20)21-3)13-11-7-5-6-8-12(11)17(2)14(13)19/h5-10,13H,1H2,2-3H3. The fraction of sp³-hybridized carbons (Fsp3) is 0.250. The molecular weight excluding hydrogens is 270 g/mol. The molecule has 2 unspecified atom stereocenters. The zero-order chi connectivity index (χ0) is 15.6. The highest BCUT2D eigenvalue weighted by Gasteiger charge is 2.54. The number of likely N-dealkylation sites (N-methyl/N-ethyl adjacent to an activating group) is 1. The molecule has 0 bridgehead atoms. The summed E-state index contributed by atoms with van der Waals surface area (Å²) >= 11 is 0. The van der Waals surface area contributed by atoms with E-state index in [0.717, 1.165) is 0 Å². The van der Waals surface area contributed by atoms with Crippen LogP contribution in [0.25, 0.3) is 0 Å². The molecule has 0 aliphatic carbocycles. The van der Waals surface area contributed by atoms with E-state index < -0.39 is 17.3 Å². The highest BCUT2D eigenvalue weighted by Crippen LogP contribution is 2.46. The molecule has 21 heavy (non-hydrogen) atoms. The van der Waals surface area contributed by atoms with Crippen molar-refractivity contribution in [3.63, 3.8) is 0 Å². The zero-order valence-corrected chi connectivity index (χ0v) is 11.8. The number of esters is 1. The molecule has 1 heterocycles. The molecule has 0 aromatic heterocycles. The lowest BCUT2D eigenvalue weighted by molar-refractivity contribution is -0.154. The Morgan fingerprint density at radius 3 is 2.71 bits per heavy atom. The van der Waals surface area contributed by atoms with Crippen LogP contribution in [-0.2, 0) is 19.1 Å². The summed E-state index contributed by atoms with van der Waals surface area (Å²) in [6, 6.07) is 7.02. The first-order chi connectivity index (χ1) is 10.0. The van der Waals surface area contributed by atoms with Gasteiger partial charge in [0, 0.05) is 12.7 Å². The minimum absolute atomic E-state index is 0.347. The first kappa shape index (κ1) is 14.8. The molecule has 1 aliphatic rings. The lowest BCUT2D eigenvalue weighted by atomic mass is 9.73. The van der Waals surface area contributed by atoms with E-state index in [1.165, 1.54) is 18.1 Å². The van der Waals surface area contributed by atoms with Gasteiger partial charge in [-0.2, -0.15) is 0 Å². The second kappa shape index (κ2) is 5.38. The van der Waals surface area contributed by atoms with E-state index >= 15 is 0 Å². The van der Waals surface area contributed by atoms with Gasteiger partial charge in [-0.25, -0.2) is 0 Å². The molecule has 0 N–H and O–H groups in total. The molecule has 2 rings (SSSR count). The molecular formula is C16H15NO4. The molecule has 1 aromatic carbocycles. The average Bonchev–Trinajstić information content (AvgIpc) is 2.77. The van der Waals surface area contributed by atoms with Gasteiger partial charge in [0.1, 0.15) is 6.29 Å². The molecule has 5 heteroatoms. The summed E-state index contributed by atoms with van der Waals surface area (Å²) < 4.78 is 4.73. The number of carbonyl (C=O) groups excluding carboxylic acids is 3. The Balaban J connectivity index is 2.72. The van der Waals surface area contributed by atoms with Crippen LogP contribution in [0.15, 0.2) is 42.7 Å². The molecule has 2 atom stereocenters. The number of hydrogen-bond acceptors (Lipinski definition) is 4. The van der Waals surface area contributed by atoms with Gasteiger partial charge in [0.2, 0.25) is 5.91 Å². The molecule has 1 aromatic rings. The van der Waals surface area contributed by atoms with Gasteiger partial charge in [-0.05, 0) is 17.7 Å². The number of aldehydes is 1. The molecule has 0 radical (unpaired) electrons. The van der Waals surface area contributed by atoms with E-state index in [2.05, 4.69) is 12.3 Å².